The molecule has 27 heavy (non-hydrogen) atoms. The Labute approximate surface area is 161 Å². The Morgan fingerprint density at radius 3 is 2.56 bits per heavy atom. The average Bonchev–Trinajstić information content (AvgIpc) is 2.80. The van der Waals surface area contributed by atoms with E-state index in [4.69, 9.17) is 11.6 Å². The van der Waals surface area contributed by atoms with Gasteiger partial charge in [-0.1, -0.05) is 54.1 Å². The van der Waals surface area contributed by atoms with Gasteiger partial charge in [0.05, 0.1) is 0 Å². The molecule has 1 aliphatic rings. The molecule has 3 rings (SSSR count). The molecule has 2 unspecified atom stereocenters. The molecule has 0 saturated carbocycles. The van der Waals surface area contributed by atoms with Gasteiger partial charge in [0.2, 0.25) is 0 Å². The van der Waals surface area contributed by atoms with Gasteiger partial charge >= 0.3 is 12.1 Å². The van der Waals surface area contributed by atoms with Gasteiger partial charge in [0, 0.05) is 24.7 Å². The highest BCUT2D eigenvalue weighted by atomic mass is 35.5. The molecule has 0 fully saturated rings. The van der Waals surface area contributed by atoms with Crippen molar-refractivity contribution in [3.63, 3.8) is 0 Å². The third-order valence-electron chi connectivity index (χ3n) is 4.78. The Morgan fingerprint density at radius 1 is 1.19 bits per heavy atom. The second-order valence-electron chi connectivity index (χ2n) is 6.60. The number of benzene rings is 2. The SMILES string of the molecule is CC(Nc1cccc2c1CCN(C(=O)C(F)(F)F)C(Cl)C2)c1ccccc1. The number of hydrogen-bond donors (Lipinski definition) is 1. The molecule has 7 heteroatoms. The maximum Gasteiger partial charge on any atom is 0.471 e. The number of carbonyl (C=O) groups excluding carboxylic acids is 1. The Bertz CT molecular complexity index is 811. The number of nitrogens with zero attached hydrogens (tertiary/aromatic N) is 1. The largest absolute Gasteiger partial charge is 0.471 e. The maximum absolute atomic E-state index is 12.8. The Morgan fingerprint density at radius 2 is 1.89 bits per heavy atom. The number of carbonyl (C=O) groups is 1. The molecule has 2 aromatic carbocycles. The van der Waals surface area contributed by atoms with Crippen molar-refractivity contribution in [3.05, 3.63) is 65.2 Å². The van der Waals surface area contributed by atoms with E-state index in [0.29, 0.717) is 11.3 Å². The van der Waals surface area contributed by atoms with Gasteiger partial charge < -0.3 is 10.2 Å². The first kappa shape index (κ1) is 19.5. The van der Waals surface area contributed by atoms with Gasteiger partial charge in [-0.15, -0.1) is 0 Å². The summed E-state index contributed by atoms with van der Waals surface area (Å²) >= 11 is 6.15. The van der Waals surface area contributed by atoms with E-state index in [9.17, 15) is 18.0 Å². The fourth-order valence-corrected chi connectivity index (χ4v) is 3.72. The lowest BCUT2D eigenvalue weighted by Crippen LogP contribution is -2.45. The van der Waals surface area contributed by atoms with Crippen molar-refractivity contribution < 1.29 is 18.0 Å². The molecule has 0 aromatic heterocycles. The second-order valence-corrected chi connectivity index (χ2v) is 7.11. The molecule has 3 nitrogen and oxygen atoms in total. The van der Waals surface area contributed by atoms with Crippen LogP contribution in [-0.2, 0) is 17.6 Å². The van der Waals surface area contributed by atoms with Crippen LogP contribution < -0.4 is 5.32 Å². The third-order valence-corrected chi connectivity index (χ3v) is 5.17. The van der Waals surface area contributed by atoms with E-state index < -0.39 is 17.6 Å². The Hall–Kier alpha value is -2.21. The highest BCUT2D eigenvalue weighted by molar-refractivity contribution is 6.21. The number of fused-ring (bicyclic) bond motifs is 1. The van der Waals surface area contributed by atoms with Crippen molar-refractivity contribution in [2.75, 3.05) is 11.9 Å². The van der Waals surface area contributed by atoms with Gasteiger partial charge in [-0.25, -0.2) is 0 Å². The predicted octanol–water partition coefficient (Wildman–Crippen LogP) is 4.91. The molecule has 1 N–H and O–H groups in total. The summed E-state index contributed by atoms with van der Waals surface area (Å²) in [5, 5.41) is 3.43. The number of hydrogen-bond acceptors (Lipinski definition) is 2. The quantitative estimate of drug-likeness (QED) is 0.590. The zero-order valence-corrected chi connectivity index (χ0v) is 15.5. The molecule has 0 aliphatic carbocycles. The highest BCUT2D eigenvalue weighted by Gasteiger charge is 2.45. The van der Waals surface area contributed by atoms with E-state index in [2.05, 4.69) is 5.32 Å². The van der Waals surface area contributed by atoms with Crippen LogP contribution in [0.2, 0.25) is 0 Å². The fourth-order valence-electron chi connectivity index (χ4n) is 3.37. The van der Waals surface area contributed by atoms with E-state index in [1.165, 1.54) is 0 Å². The minimum atomic E-state index is -4.92. The van der Waals surface area contributed by atoms with Gasteiger partial charge in [0.1, 0.15) is 5.50 Å². The lowest BCUT2D eigenvalue weighted by Gasteiger charge is -2.26. The van der Waals surface area contributed by atoms with Crippen LogP contribution >= 0.6 is 11.6 Å². The van der Waals surface area contributed by atoms with Crippen molar-refractivity contribution in [3.8, 4) is 0 Å². The molecule has 0 radical (unpaired) electrons. The van der Waals surface area contributed by atoms with E-state index in [0.717, 1.165) is 22.4 Å². The van der Waals surface area contributed by atoms with E-state index in [1.807, 2.05) is 55.5 Å². The summed E-state index contributed by atoms with van der Waals surface area (Å²) in [6, 6.07) is 15.5. The van der Waals surface area contributed by atoms with Gasteiger partial charge in [0.15, 0.2) is 0 Å². The molecular weight excluding hydrogens is 377 g/mol. The maximum atomic E-state index is 12.8. The normalized spacial score (nSPS) is 18.4. The number of rotatable bonds is 3. The summed E-state index contributed by atoms with van der Waals surface area (Å²) in [5.74, 6) is -1.89. The van der Waals surface area contributed by atoms with Crippen molar-refractivity contribution in [1.82, 2.24) is 4.90 Å². The third kappa shape index (κ3) is 4.38. The fraction of sp³-hybridized carbons (Fsp3) is 0.350. The summed E-state index contributed by atoms with van der Waals surface area (Å²) in [5.41, 5.74) is 2.70. The zero-order valence-electron chi connectivity index (χ0n) is 14.8. The molecule has 2 atom stereocenters. The van der Waals surface area contributed by atoms with E-state index >= 15 is 0 Å². The molecular formula is C20H20ClF3N2O. The molecule has 1 aliphatic heterocycles. The molecule has 144 valence electrons. The second kappa shape index (κ2) is 7.80. The summed E-state index contributed by atoms with van der Waals surface area (Å²) in [7, 11) is 0. The van der Waals surface area contributed by atoms with Crippen LogP contribution in [0.15, 0.2) is 48.5 Å². The Kier molecular flexibility index (Phi) is 5.65. The van der Waals surface area contributed by atoms with Gasteiger partial charge in [0.25, 0.3) is 0 Å². The van der Waals surface area contributed by atoms with Gasteiger partial charge in [-0.3, -0.25) is 4.79 Å². The van der Waals surface area contributed by atoms with Crippen LogP contribution in [0.5, 0.6) is 0 Å². The minimum Gasteiger partial charge on any atom is -0.378 e. The summed E-state index contributed by atoms with van der Waals surface area (Å²) in [4.78, 5) is 12.4. The predicted molar refractivity (Wildman–Crippen MR) is 99.7 cm³/mol. The summed E-state index contributed by atoms with van der Waals surface area (Å²) in [6.45, 7) is 1.95. The summed E-state index contributed by atoms with van der Waals surface area (Å²) in [6.07, 6.45) is -4.44. The molecule has 0 bridgehead atoms. The average molecular weight is 397 g/mol. The molecule has 1 amide bonds. The van der Waals surface area contributed by atoms with Crippen LogP contribution in [0.25, 0.3) is 0 Å². The van der Waals surface area contributed by atoms with Crippen LogP contribution in [0.4, 0.5) is 18.9 Å². The standard InChI is InChI=1S/C20H20ClF3N2O/c1-13(14-6-3-2-4-7-14)25-17-9-5-8-15-12-18(21)26(11-10-16(15)17)19(27)20(22,23)24/h2-9,13,18,25H,10-12H2,1H3. The molecule has 1 heterocycles. The van der Waals surface area contributed by atoms with Crippen LogP contribution in [0.3, 0.4) is 0 Å². The smallest absolute Gasteiger partial charge is 0.378 e. The lowest BCUT2D eigenvalue weighted by atomic mass is 9.99. The summed E-state index contributed by atoms with van der Waals surface area (Å²) < 4.78 is 38.5. The number of nitrogens with one attached hydrogen (secondary N) is 1. The van der Waals surface area contributed by atoms with E-state index in [-0.39, 0.29) is 19.0 Å². The van der Waals surface area contributed by atoms with Gasteiger partial charge in [-0.05, 0) is 36.1 Å². The molecule has 0 saturated heterocycles. The minimum absolute atomic E-state index is 0.0284. The lowest BCUT2D eigenvalue weighted by molar-refractivity contribution is -0.186. The highest BCUT2D eigenvalue weighted by Crippen LogP contribution is 2.32. The van der Waals surface area contributed by atoms with Crippen LogP contribution in [0.1, 0.15) is 29.7 Å². The first-order valence-corrected chi connectivity index (χ1v) is 9.15. The topological polar surface area (TPSA) is 32.3 Å². The molecule has 0 spiro atoms. The van der Waals surface area contributed by atoms with Crippen molar-refractivity contribution in [2.45, 2.75) is 37.5 Å². The number of amides is 1. The van der Waals surface area contributed by atoms with Gasteiger partial charge in [-0.2, -0.15) is 13.2 Å². The zero-order chi connectivity index (χ0) is 19.6. The number of halogens is 4. The van der Waals surface area contributed by atoms with Crippen molar-refractivity contribution in [1.29, 1.82) is 0 Å². The number of alkyl halides is 4. The van der Waals surface area contributed by atoms with Crippen molar-refractivity contribution in [2.24, 2.45) is 0 Å². The van der Waals surface area contributed by atoms with Crippen LogP contribution in [0, 0.1) is 0 Å². The monoisotopic (exact) mass is 396 g/mol. The van der Waals surface area contributed by atoms with Crippen molar-refractivity contribution >= 4 is 23.2 Å². The van der Waals surface area contributed by atoms with Crippen LogP contribution in [-0.4, -0.2) is 29.0 Å². The molecule has 2 aromatic rings. The van der Waals surface area contributed by atoms with E-state index in [1.54, 1.807) is 0 Å². The first-order valence-electron chi connectivity index (χ1n) is 8.71. The first-order chi connectivity index (χ1) is 12.8. The Balaban J connectivity index is 1.83. The number of anilines is 1.